The van der Waals surface area contributed by atoms with E-state index >= 15 is 0 Å². The summed E-state index contributed by atoms with van der Waals surface area (Å²) in [7, 11) is 3.19. The highest BCUT2D eigenvalue weighted by Crippen LogP contribution is 2.36. The van der Waals surface area contributed by atoms with Crippen molar-refractivity contribution < 1.29 is 19.0 Å². The van der Waals surface area contributed by atoms with Crippen LogP contribution < -0.4 is 9.47 Å². The van der Waals surface area contributed by atoms with E-state index in [-0.39, 0.29) is 11.2 Å². The number of carbonyl (C=O) groups excluding carboxylic acids is 1. The van der Waals surface area contributed by atoms with Gasteiger partial charge in [0, 0.05) is 18.1 Å². The summed E-state index contributed by atoms with van der Waals surface area (Å²) in [6.45, 7) is 0.437. The van der Waals surface area contributed by atoms with E-state index in [0.717, 1.165) is 11.3 Å². The number of nitrogens with zero attached hydrogens (tertiary/aromatic N) is 3. The summed E-state index contributed by atoms with van der Waals surface area (Å²) in [6, 6.07) is 15.4. The Bertz CT molecular complexity index is 990. The lowest BCUT2D eigenvalue weighted by atomic mass is 10.2. The lowest BCUT2D eigenvalue weighted by Crippen LogP contribution is -2.11. The Balaban J connectivity index is 1.83. The average Bonchev–Trinajstić information content (AvgIpc) is 3.34. The third kappa shape index (κ3) is 3.43. The van der Waals surface area contributed by atoms with Crippen LogP contribution in [0.25, 0.3) is 17.1 Å². The first-order chi connectivity index (χ1) is 13.7. The number of hydrogen-bond donors (Lipinski definition) is 0. The zero-order chi connectivity index (χ0) is 19.5. The summed E-state index contributed by atoms with van der Waals surface area (Å²) in [5.74, 6) is 1.70. The van der Waals surface area contributed by atoms with Gasteiger partial charge in [-0.15, -0.1) is 10.2 Å². The number of hydrogen-bond acceptors (Lipinski definition) is 7. The molecule has 1 aliphatic rings. The van der Waals surface area contributed by atoms with Crippen molar-refractivity contribution in [3.05, 3.63) is 48.5 Å². The summed E-state index contributed by atoms with van der Waals surface area (Å²) in [6.07, 6.45) is 0.656. The molecule has 0 spiro atoms. The van der Waals surface area contributed by atoms with Gasteiger partial charge in [-0.05, 0) is 12.1 Å². The number of aromatic nitrogens is 3. The monoisotopic (exact) mass is 397 g/mol. The third-order valence-corrected chi connectivity index (χ3v) is 5.61. The minimum absolute atomic E-state index is 0.215. The molecule has 0 bridgehead atoms. The van der Waals surface area contributed by atoms with Crippen LogP contribution in [0.2, 0.25) is 0 Å². The van der Waals surface area contributed by atoms with E-state index in [0.29, 0.717) is 35.5 Å². The van der Waals surface area contributed by atoms with Gasteiger partial charge in [-0.3, -0.25) is 9.36 Å². The molecule has 1 atom stereocenters. The fraction of sp³-hybridized carbons (Fsp3) is 0.250. The fourth-order valence-electron chi connectivity index (χ4n) is 3.03. The smallest absolute Gasteiger partial charge is 0.319 e. The van der Waals surface area contributed by atoms with Crippen molar-refractivity contribution in [2.45, 2.75) is 16.8 Å². The Morgan fingerprint density at radius 2 is 1.86 bits per heavy atom. The zero-order valence-corrected chi connectivity index (χ0v) is 16.3. The zero-order valence-electron chi connectivity index (χ0n) is 15.5. The number of benzene rings is 2. The summed E-state index contributed by atoms with van der Waals surface area (Å²) in [4.78, 5) is 12.0. The van der Waals surface area contributed by atoms with Crippen molar-refractivity contribution in [3.63, 3.8) is 0 Å². The number of ether oxygens (including phenoxy) is 3. The highest BCUT2D eigenvalue weighted by Gasteiger charge is 2.30. The molecule has 0 aliphatic carbocycles. The van der Waals surface area contributed by atoms with Gasteiger partial charge < -0.3 is 14.2 Å². The number of esters is 1. The van der Waals surface area contributed by atoms with Crippen LogP contribution in [0.5, 0.6) is 11.5 Å². The molecule has 4 rings (SSSR count). The van der Waals surface area contributed by atoms with Gasteiger partial charge >= 0.3 is 5.97 Å². The standard InChI is InChI=1S/C20H19N3O4S/c1-25-15-9-8-14(12-16(15)26-2)23-18(13-6-4-3-5-7-13)21-22-20(23)28-17-10-11-27-19(17)24/h3-9,12,17H,10-11H2,1-2H3/t17-/m1/s1. The van der Waals surface area contributed by atoms with Crippen molar-refractivity contribution in [3.8, 4) is 28.6 Å². The van der Waals surface area contributed by atoms with Crippen LogP contribution in [0.3, 0.4) is 0 Å². The predicted octanol–water partition coefficient (Wildman–Crippen LogP) is 3.36. The summed E-state index contributed by atoms with van der Waals surface area (Å²) in [5, 5.41) is 9.09. The van der Waals surface area contributed by atoms with E-state index in [2.05, 4.69) is 10.2 Å². The Hall–Kier alpha value is -3.00. The molecule has 1 aliphatic heterocycles. The summed E-state index contributed by atoms with van der Waals surface area (Å²) >= 11 is 1.36. The van der Waals surface area contributed by atoms with Gasteiger partial charge in [0.1, 0.15) is 5.25 Å². The Kier molecular flexibility index (Phi) is 5.21. The van der Waals surface area contributed by atoms with Crippen LogP contribution in [-0.2, 0) is 9.53 Å². The molecular formula is C20H19N3O4S. The molecule has 28 heavy (non-hydrogen) atoms. The molecule has 1 saturated heterocycles. The van der Waals surface area contributed by atoms with E-state index in [1.54, 1.807) is 14.2 Å². The molecule has 1 fully saturated rings. The predicted molar refractivity (Wildman–Crippen MR) is 105 cm³/mol. The molecule has 8 heteroatoms. The Morgan fingerprint density at radius 3 is 2.54 bits per heavy atom. The van der Waals surface area contributed by atoms with Gasteiger partial charge in [0.15, 0.2) is 22.5 Å². The quantitative estimate of drug-likeness (QED) is 0.590. The van der Waals surface area contributed by atoms with Gasteiger partial charge in [0.05, 0.1) is 26.5 Å². The lowest BCUT2D eigenvalue weighted by Gasteiger charge is -2.14. The van der Waals surface area contributed by atoms with Crippen LogP contribution in [0.1, 0.15) is 6.42 Å². The van der Waals surface area contributed by atoms with Gasteiger partial charge in [-0.2, -0.15) is 0 Å². The molecule has 0 saturated carbocycles. The summed E-state index contributed by atoms with van der Waals surface area (Å²) in [5.41, 5.74) is 1.74. The van der Waals surface area contributed by atoms with Crippen molar-refractivity contribution in [2.24, 2.45) is 0 Å². The Labute approximate surface area is 166 Å². The number of cyclic esters (lactones) is 1. The second kappa shape index (κ2) is 7.93. The average molecular weight is 397 g/mol. The van der Waals surface area contributed by atoms with Crippen LogP contribution in [0.4, 0.5) is 0 Å². The molecule has 0 unspecified atom stereocenters. The molecule has 0 N–H and O–H groups in total. The molecule has 144 valence electrons. The second-order valence-electron chi connectivity index (χ2n) is 6.11. The van der Waals surface area contributed by atoms with Gasteiger partial charge in [0.2, 0.25) is 0 Å². The number of methoxy groups -OCH3 is 2. The first-order valence-electron chi connectivity index (χ1n) is 8.78. The van der Waals surface area contributed by atoms with Crippen molar-refractivity contribution in [1.82, 2.24) is 14.8 Å². The Morgan fingerprint density at radius 1 is 1.07 bits per heavy atom. The lowest BCUT2D eigenvalue weighted by molar-refractivity contribution is -0.137. The normalized spacial score (nSPS) is 16.1. The minimum atomic E-state index is -0.285. The second-order valence-corrected chi connectivity index (χ2v) is 7.28. The first-order valence-corrected chi connectivity index (χ1v) is 9.65. The van der Waals surface area contributed by atoms with Crippen LogP contribution >= 0.6 is 11.8 Å². The molecule has 3 aromatic rings. The molecular weight excluding hydrogens is 378 g/mol. The molecule has 0 amide bonds. The van der Waals surface area contributed by atoms with Crippen molar-refractivity contribution in [1.29, 1.82) is 0 Å². The minimum Gasteiger partial charge on any atom is -0.493 e. The largest absolute Gasteiger partial charge is 0.493 e. The van der Waals surface area contributed by atoms with Crippen molar-refractivity contribution >= 4 is 17.7 Å². The van der Waals surface area contributed by atoms with E-state index < -0.39 is 0 Å². The molecule has 0 radical (unpaired) electrons. The number of thioether (sulfide) groups is 1. The highest BCUT2D eigenvalue weighted by molar-refractivity contribution is 8.00. The molecule has 1 aromatic heterocycles. The van der Waals surface area contributed by atoms with Crippen LogP contribution in [0, 0.1) is 0 Å². The highest BCUT2D eigenvalue weighted by atomic mass is 32.2. The van der Waals surface area contributed by atoms with Gasteiger partial charge in [0.25, 0.3) is 0 Å². The van der Waals surface area contributed by atoms with Gasteiger partial charge in [-0.1, -0.05) is 42.1 Å². The first kappa shape index (κ1) is 18.4. The van der Waals surface area contributed by atoms with E-state index in [1.165, 1.54) is 11.8 Å². The van der Waals surface area contributed by atoms with E-state index in [4.69, 9.17) is 14.2 Å². The number of rotatable bonds is 6. The maximum atomic E-state index is 12.0. The SMILES string of the molecule is COc1ccc(-n2c(S[C@@H]3CCOC3=O)nnc2-c2ccccc2)cc1OC. The maximum Gasteiger partial charge on any atom is 0.319 e. The van der Waals surface area contributed by atoms with E-state index in [1.807, 2.05) is 53.1 Å². The van der Waals surface area contributed by atoms with Crippen LogP contribution in [0.15, 0.2) is 53.7 Å². The van der Waals surface area contributed by atoms with Gasteiger partial charge in [-0.25, -0.2) is 0 Å². The molecule has 2 aromatic carbocycles. The number of carbonyl (C=O) groups is 1. The van der Waals surface area contributed by atoms with E-state index in [9.17, 15) is 4.79 Å². The van der Waals surface area contributed by atoms with Crippen molar-refractivity contribution in [2.75, 3.05) is 20.8 Å². The van der Waals surface area contributed by atoms with Crippen LogP contribution in [-0.4, -0.2) is 46.8 Å². The molecule has 7 nitrogen and oxygen atoms in total. The third-order valence-electron chi connectivity index (χ3n) is 4.43. The fourth-order valence-corrected chi connectivity index (χ4v) is 4.05. The summed E-state index contributed by atoms with van der Waals surface area (Å²) < 4.78 is 17.8. The molecule has 2 heterocycles. The maximum absolute atomic E-state index is 12.0. The topological polar surface area (TPSA) is 75.5 Å².